The number of hydrogen-bond donors (Lipinski definition) is 1. The second-order valence-electron chi connectivity index (χ2n) is 5.50. The van der Waals surface area contributed by atoms with Crippen LogP contribution >= 0.6 is 22.6 Å². The molecule has 3 aromatic rings. The number of sulfonamides is 1. The zero-order valence-corrected chi connectivity index (χ0v) is 16.6. The fourth-order valence-corrected chi connectivity index (χ4v) is 3.97. The minimum Gasteiger partial charge on any atom is -0.283 e. The summed E-state index contributed by atoms with van der Waals surface area (Å²) in [6.07, 6.45) is 0. The molecule has 0 bridgehead atoms. The lowest BCUT2D eigenvalue weighted by Gasteiger charge is -2.07. The highest BCUT2D eigenvalue weighted by molar-refractivity contribution is 14.1. The second-order valence-corrected chi connectivity index (χ2v) is 8.42. The molecule has 0 atom stereocenters. The minimum atomic E-state index is -3.84. The van der Waals surface area contributed by atoms with Crippen LogP contribution in [-0.2, 0) is 17.1 Å². The van der Waals surface area contributed by atoms with Gasteiger partial charge in [0.15, 0.2) is 0 Å². The second kappa shape index (κ2) is 6.68. The Hall–Kier alpha value is -2.07. The van der Waals surface area contributed by atoms with Crippen LogP contribution in [0, 0.1) is 10.5 Å². The van der Waals surface area contributed by atoms with Gasteiger partial charge in [-0.15, -0.1) is 0 Å². The Morgan fingerprint density at radius 2 is 1.60 bits per heavy atom. The van der Waals surface area contributed by atoms with Crippen molar-refractivity contribution in [3.05, 3.63) is 74.2 Å². The predicted molar refractivity (Wildman–Crippen MR) is 106 cm³/mol. The average Bonchev–Trinajstić information content (AvgIpc) is 2.79. The van der Waals surface area contributed by atoms with Gasteiger partial charge in [0, 0.05) is 10.6 Å². The number of aromatic nitrogens is 2. The summed E-state index contributed by atoms with van der Waals surface area (Å²) in [6.45, 7) is 1.70. The summed E-state index contributed by atoms with van der Waals surface area (Å²) in [6, 6.07) is 15.5. The quantitative estimate of drug-likeness (QED) is 0.598. The summed E-state index contributed by atoms with van der Waals surface area (Å²) < 4.78 is 31.6. The summed E-state index contributed by atoms with van der Waals surface area (Å²) in [7, 11) is -2.13. The lowest BCUT2D eigenvalue weighted by atomic mass is 10.3. The number of halogens is 1. The van der Waals surface area contributed by atoms with E-state index in [0.717, 1.165) is 3.57 Å². The number of nitrogens with one attached hydrogen (secondary N) is 1. The third-order valence-electron chi connectivity index (χ3n) is 3.91. The van der Waals surface area contributed by atoms with Crippen molar-refractivity contribution in [2.24, 2.45) is 7.05 Å². The van der Waals surface area contributed by atoms with Gasteiger partial charge >= 0.3 is 0 Å². The molecule has 0 saturated carbocycles. The number of rotatable bonds is 4. The molecule has 0 spiro atoms. The molecule has 0 amide bonds. The molecule has 1 heterocycles. The molecule has 1 aromatic heterocycles. The number of anilines is 1. The zero-order valence-electron chi connectivity index (χ0n) is 13.6. The summed E-state index contributed by atoms with van der Waals surface area (Å²) in [5.41, 5.74) is 0.825. The summed E-state index contributed by atoms with van der Waals surface area (Å²) in [5.74, 6) is 0. The average molecular weight is 469 g/mol. The van der Waals surface area contributed by atoms with E-state index in [0.29, 0.717) is 11.4 Å². The number of nitrogens with zero attached hydrogens (tertiary/aromatic N) is 2. The van der Waals surface area contributed by atoms with Gasteiger partial charge in [-0.25, -0.2) is 13.1 Å². The first-order chi connectivity index (χ1) is 11.8. The van der Waals surface area contributed by atoms with Crippen LogP contribution in [0.2, 0.25) is 0 Å². The maximum atomic E-state index is 12.8. The zero-order chi connectivity index (χ0) is 18.2. The van der Waals surface area contributed by atoms with E-state index in [1.165, 1.54) is 16.8 Å². The van der Waals surface area contributed by atoms with E-state index in [1.807, 2.05) is 18.2 Å². The van der Waals surface area contributed by atoms with Crippen LogP contribution in [0.15, 0.2) is 64.3 Å². The molecule has 0 aliphatic carbocycles. The van der Waals surface area contributed by atoms with E-state index in [9.17, 15) is 13.2 Å². The maximum Gasteiger partial charge on any atom is 0.296 e. The van der Waals surface area contributed by atoms with Crippen molar-refractivity contribution < 1.29 is 8.42 Å². The lowest BCUT2D eigenvalue weighted by Crippen LogP contribution is -2.23. The molecular formula is C17H16IN3O3S. The molecule has 0 fully saturated rings. The van der Waals surface area contributed by atoms with Crippen molar-refractivity contribution in [2.45, 2.75) is 11.8 Å². The predicted octanol–water partition coefficient (Wildman–Crippen LogP) is 2.89. The molecule has 130 valence electrons. The van der Waals surface area contributed by atoms with Gasteiger partial charge in [-0.05, 0) is 65.9 Å². The van der Waals surface area contributed by atoms with Gasteiger partial charge in [0.25, 0.3) is 15.6 Å². The van der Waals surface area contributed by atoms with Crippen LogP contribution in [0.5, 0.6) is 0 Å². The molecule has 0 aliphatic heterocycles. The van der Waals surface area contributed by atoms with Crippen LogP contribution in [-0.4, -0.2) is 17.8 Å². The Morgan fingerprint density at radius 3 is 2.20 bits per heavy atom. The Morgan fingerprint density at radius 1 is 1.00 bits per heavy atom. The van der Waals surface area contributed by atoms with Gasteiger partial charge in [-0.3, -0.25) is 14.2 Å². The third-order valence-corrected chi connectivity index (χ3v) is 6.00. The van der Waals surface area contributed by atoms with Gasteiger partial charge in [0.1, 0.15) is 5.69 Å². The third kappa shape index (κ3) is 3.36. The minimum absolute atomic E-state index is 0.0462. The van der Waals surface area contributed by atoms with Crippen LogP contribution in [0.25, 0.3) is 5.69 Å². The van der Waals surface area contributed by atoms with E-state index in [4.69, 9.17) is 0 Å². The van der Waals surface area contributed by atoms with E-state index in [2.05, 4.69) is 27.3 Å². The summed E-state index contributed by atoms with van der Waals surface area (Å²) in [4.78, 5) is 12.9. The van der Waals surface area contributed by atoms with Gasteiger partial charge in [0.2, 0.25) is 0 Å². The molecule has 3 rings (SSSR count). The fourth-order valence-electron chi connectivity index (χ4n) is 2.49. The van der Waals surface area contributed by atoms with Crippen LogP contribution in [0.3, 0.4) is 0 Å². The Labute approximate surface area is 159 Å². The molecule has 2 aromatic carbocycles. The highest BCUT2D eigenvalue weighted by Gasteiger charge is 2.22. The number of benzene rings is 2. The Bertz CT molecular complexity index is 1070. The highest BCUT2D eigenvalue weighted by atomic mass is 127. The molecule has 6 nitrogen and oxygen atoms in total. The SMILES string of the molecule is Cc1c(NS(=O)(=O)c2ccc(I)cc2)c(=O)n(-c2ccccc2)n1C. The summed E-state index contributed by atoms with van der Waals surface area (Å²) in [5, 5.41) is 0. The normalized spacial score (nSPS) is 11.5. The molecule has 1 N–H and O–H groups in total. The topological polar surface area (TPSA) is 73.1 Å². The first kappa shape index (κ1) is 17.7. The van der Waals surface area contributed by atoms with E-state index in [1.54, 1.807) is 42.9 Å². The van der Waals surface area contributed by atoms with Crippen LogP contribution < -0.4 is 10.3 Å². The molecular weight excluding hydrogens is 453 g/mol. The smallest absolute Gasteiger partial charge is 0.283 e. The maximum absolute atomic E-state index is 12.8. The fraction of sp³-hybridized carbons (Fsp3) is 0.118. The van der Waals surface area contributed by atoms with Crippen molar-refractivity contribution in [3.8, 4) is 5.69 Å². The first-order valence-electron chi connectivity index (χ1n) is 7.43. The van der Waals surface area contributed by atoms with Crippen LogP contribution in [0.4, 0.5) is 5.69 Å². The molecule has 0 aliphatic rings. The first-order valence-corrected chi connectivity index (χ1v) is 10.00. The van der Waals surface area contributed by atoms with Gasteiger partial charge in [-0.1, -0.05) is 18.2 Å². The van der Waals surface area contributed by atoms with E-state index < -0.39 is 15.6 Å². The lowest BCUT2D eigenvalue weighted by molar-refractivity contribution is 0.601. The monoisotopic (exact) mass is 469 g/mol. The number of hydrogen-bond acceptors (Lipinski definition) is 3. The van der Waals surface area contributed by atoms with E-state index >= 15 is 0 Å². The van der Waals surface area contributed by atoms with Gasteiger partial charge in [-0.2, -0.15) is 0 Å². The Kier molecular flexibility index (Phi) is 4.74. The molecule has 25 heavy (non-hydrogen) atoms. The molecule has 0 saturated heterocycles. The van der Waals surface area contributed by atoms with Crippen molar-refractivity contribution in [3.63, 3.8) is 0 Å². The number of para-hydroxylation sites is 1. The van der Waals surface area contributed by atoms with Crippen molar-refractivity contribution in [1.82, 2.24) is 9.36 Å². The van der Waals surface area contributed by atoms with Crippen LogP contribution in [0.1, 0.15) is 5.69 Å². The van der Waals surface area contributed by atoms with Crippen molar-refractivity contribution in [2.75, 3.05) is 4.72 Å². The standard InChI is InChI=1S/C17H16IN3O3S/c1-12-16(19-25(23,24)15-10-8-13(18)9-11-15)17(22)21(20(12)2)14-6-4-3-5-7-14/h3-11,19H,1-2H3. The molecule has 0 unspecified atom stereocenters. The Balaban J connectivity index is 2.07. The molecule has 0 radical (unpaired) electrons. The van der Waals surface area contributed by atoms with E-state index in [-0.39, 0.29) is 10.6 Å². The highest BCUT2D eigenvalue weighted by Crippen LogP contribution is 2.19. The summed E-state index contributed by atoms with van der Waals surface area (Å²) >= 11 is 2.10. The largest absolute Gasteiger partial charge is 0.296 e. The van der Waals surface area contributed by atoms with Gasteiger partial charge in [0.05, 0.1) is 16.3 Å². The van der Waals surface area contributed by atoms with Crippen molar-refractivity contribution in [1.29, 1.82) is 0 Å². The van der Waals surface area contributed by atoms with Gasteiger partial charge < -0.3 is 0 Å². The molecule has 8 heteroatoms. The van der Waals surface area contributed by atoms with Crippen molar-refractivity contribution >= 4 is 38.3 Å².